The number of rotatable bonds is 4. The van der Waals surface area contributed by atoms with E-state index in [2.05, 4.69) is 0 Å². The van der Waals surface area contributed by atoms with Gasteiger partial charge in [-0.1, -0.05) is 18.2 Å². The van der Waals surface area contributed by atoms with Gasteiger partial charge in [-0.25, -0.2) is 4.39 Å². The third-order valence-corrected chi connectivity index (χ3v) is 2.06. The Morgan fingerprint density at radius 3 is 2.53 bits per heavy atom. The van der Waals surface area contributed by atoms with Crippen molar-refractivity contribution in [3.05, 3.63) is 35.6 Å². The summed E-state index contributed by atoms with van der Waals surface area (Å²) < 4.78 is 13.1. The number of hydrogen-bond donors (Lipinski definition) is 2. The summed E-state index contributed by atoms with van der Waals surface area (Å²) in [6.07, 6.45) is 0.137. The van der Waals surface area contributed by atoms with E-state index in [-0.39, 0.29) is 31.2 Å². The number of halogens is 2. The van der Waals surface area contributed by atoms with Crippen molar-refractivity contribution in [3.8, 4) is 0 Å². The minimum absolute atomic E-state index is 0. The Balaban J connectivity index is 0.00000196. The zero-order valence-corrected chi connectivity index (χ0v) is 8.84. The Hall–Kier alpha value is -1.13. The fourth-order valence-corrected chi connectivity index (χ4v) is 1.20. The first-order valence-electron chi connectivity index (χ1n) is 4.31. The van der Waals surface area contributed by atoms with Crippen LogP contribution in [0.1, 0.15) is 5.56 Å². The average molecular weight is 234 g/mol. The molecule has 84 valence electrons. The van der Waals surface area contributed by atoms with Gasteiger partial charge >= 0.3 is 5.97 Å². The molecule has 3 nitrogen and oxygen atoms in total. The predicted octanol–water partition coefficient (Wildman–Crippen LogP) is 1.45. The summed E-state index contributed by atoms with van der Waals surface area (Å²) in [6, 6.07) is 6.12. The molecule has 0 saturated carbocycles. The van der Waals surface area contributed by atoms with Gasteiger partial charge in [0.2, 0.25) is 0 Å². The molecule has 0 aliphatic heterocycles. The molecule has 0 saturated heterocycles. The standard InChI is InChI=1S/C10H12FNO2.ClH/c11-9-4-2-1-3-7(9)5-8(6-12)10(13)14;/h1-4,8H,5-6,12H2,(H,13,14);1H/t8-;/m1./s1. The summed E-state index contributed by atoms with van der Waals surface area (Å²) >= 11 is 0. The highest BCUT2D eigenvalue weighted by atomic mass is 35.5. The minimum atomic E-state index is -0.990. The highest BCUT2D eigenvalue weighted by Gasteiger charge is 2.17. The van der Waals surface area contributed by atoms with Crippen molar-refractivity contribution in [2.24, 2.45) is 11.7 Å². The maximum Gasteiger partial charge on any atom is 0.308 e. The molecule has 0 aliphatic carbocycles. The molecule has 0 aliphatic rings. The molecule has 0 fully saturated rings. The zero-order valence-electron chi connectivity index (χ0n) is 8.02. The summed E-state index contributed by atoms with van der Waals surface area (Å²) in [5.74, 6) is -2.09. The Labute approximate surface area is 93.5 Å². The molecule has 0 heterocycles. The van der Waals surface area contributed by atoms with Crippen molar-refractivity contribution in [1.82, 2.24) is 0 Å². The van der Waals surface area contributed by atoms with Crippen molar-refractivity contribution < 1.29 is 14.3 Å². The fraction of sp³-hybridized carbons (Fsp3) is 0.300. The van der Waals surface area contributed by atoms with Crippen LogP contribution in [0.2, 0.25) is 0 Å². The molecule has 3 N–H and O–H groups in total. The number of nitrogens with two attached hydrogens (primary N) is 1. The maximum atomic E-state index is 13.1. The maximum absolute atomic E-state index is 13.1. The van der Waals surface area contributed by atoms with Crippen LogP contribution in [-0.2, 0) is 11.2 Å². The van der Waals surface area contributed by atoms with Gasteiger partial charge in [-0.2, -0.15) is 0 Å². The van der Waals surface area contributed by atoms with E-state index in [1.165, 1.54) is 6.07 Å². The van der Waals surface area contributed by atoms with Crippen LogP contribution in [0.25, 0.3) is 0 Å². The van der Waals surface area contributed by atoms with E-state index >= 15 is 0 Å². The minimum Gasteiger partial charge on any atom is -0.481 e. The lowest BCUT2D eigenvalue weighted by atomic mass is 9.99. The lowest BCUT2D eigenvalue weighted by molar-refractivity contribution is -0.141. The molecule has 1 atom stereocenters. The summed E-state index contributed by atoms with van der Waals surface area (Å²) in [5, 5.41) is 8.72. The molecule has 0 unspecified atom stereocenters. The van der Waals surface area contributed by atoms with E-state index in [4.69, 9.17) is 10.8 Å². The van der Waals surface area contributed by atoms with Crippen molar-refractivity contribution in [1.29, 1.82) is 0 Å². The number of carbonyl (C=O) groups is 1. The molecule has 0 spiro atoms. The molecule has 0 bridgehead atoms. The molecule has 0 aromatic heterocycles. The third-order valence-electron chi connectivity index (χ3n) is 2.06. The first-order valence-corrected chi connectivity index (χ1v) is 4.31. The normalized spacial score (nSPS) is 11.6. The van der Waals surface area contributed by atoms with Gasteiger partial charge in [0.15, 0.2) is 0 Å². The van der Waals surface area contributed by atoms with E-state index in [1.807, 2.05) is 0 Å². The summed E-state index contributed by atoms with van der Waals surface area (Å²) in [6.45, 7) is 0.0175. The first kappa shape index (κ1) is 13.9. The van der Waals surface area contributed by atoms with Crippen molar-refractivity contribution in [2.75, 3.05) is 6.54 Å². The second-order valence-corrected chi connectivity index (χ2v) is 3.07. The van der Waals surface area contributed by atoms with Crippen LogP contribution < -0.4 is 5.73 Å². The molecule has 1 aromatic carbocycles. The highest BCUT2D eigenvalue weighted by molar-refractivity contribution is 5.85. The van der Waals surface area contributed by atoms with Gasteiger partial charge in [-0.05, 0) is 18.1 Å². The largest absolute Gasteiger partial charge is 0.481 e. The lowest BCUT2D eigenvalue weighted by Gasteiger charge is -2.09. The lowest BCUT2D eigenvalue weighted by Crippen LogP contribution is -2.25. The smallest absolute Gasteiger partial charge is 0.308 e. The van der Waals surface area contributed by atoms with Crippen molar-refractivity contribution in [3.63, 3.8) is 0 Å². The van der Waals surface area contributed by atoms with Crippen LogP contribution in [-0.4, -0.2) is 17.6 Å². The molecular formula is C10H13ClFNO2. The number of carboxylic acid groups (broad SMARTS) is 1. The van der Waals surface area contributed by atoms with Crippen LogP contribution in [0.5, 0.6) is 0 Å². The SMILES string of the molecule is Cl.NC[C@@H](Cc1ccccc1F)C(=O)O. The molecule has 15 heavy (non-hydrogen) atoms. The third kappa shape index (κ3) is 3.85. The quantitative estimate of drug-likeness (QED) is 0.828. The molecular weight excluding hydrogens is 221 g/mol. The highest BCUT2D eigenvalue weighted by Crippen LogP contribution is 2.12. The topological polar surface area (TPSA) is 63.3 Å². The molecule has 1 rings (SSSR count). The number of carboxylic acids is 1. The number of benzene rings is 1. The second kappa shape index (κ2) is 6.37. The Kier molecular flexibility index (Phi) is 5.89. The van der Waals surface area contributed by atoms with E-state index in [0.717, 1.165) is 0 Å². The van der Waals surface area contributed by atoms with Gasteiger partial charge < -0.3 is 10.8 Å². The van der Waals surface area contributed by atoms with Gasteiger partial charge in [0.1, 0.15) is 5.82 Å². The Bertz CT molecular complexity index is 333. The Morgan fingerprint density at radius 2 is 2.07 bits per heavy atom. The van der Waals surface area contributed by atoms with Gasteiger partial charge in [0, 0.05) is 6.54 Å². The number of aliphatic carboxylic acids is 1. The summed E-state index contributed by atoms with van der Waals surface area (Å²) in [4.78, 5) is 10.6. The van der Waals surface area contributed by atoms with Crippen LogP contribution >= 0.6 is 12.4 Å². The van der Waals surface area contributed by atoms with Crippen LogP contribution in [0, 0.1) is 11.7 Å². The van der Waals surface area contributed by atoms with Crippen LogP contribution in [0.4, 0.5) is 4.39 Å². The second-order valence-electron chi connectivity index (χ2n) is 3.07. The summed E-state index contributed by atoms with van der Waals surface area (Å²) in [5.41, 5.74) is 5.66. The predicted molar refractivity (Wildman–Crippen MR) is 57.5 cm³/mol. The van der Waals surface area contributed by atoms with E-state index in [9.17, 15) is 9.18 Å². The van der Waals surface area contributed by atoms with E-state index in [0.29, 0.717) is 5.56 Å². The van der Waals surface area contributed by atoms with Gasteiger partial charge in [0.05, 0.1) is 5.92 Å². The van der Waals surface area contributed by atoms with Gasteiger partial charge in [0.25, 0.3) is 0 Å². The van der Waals surface area contributed by atoms with Gasteiger partial charge in [-0.3, -0.25) is 4.79 Å². The molecule has 0 radical (unpaired) electrons. The van der Waals surface area contributed by atoms with Crippen molar-refractivity contribution in [2.45, 2.75) is 6.42 Å². The molecule has 1 aromatic rings. The molecule has 0 amide bonds. The van der Waals surface area contributed by atoms with E-state index in [1.54, 1.807) is 18.2 Å². The molecule has 5 heteroatoms. The van der Waals surface area contributed by atoms with Crippen molar-refractivity contribution >= 4 is 18.4 Å². The fourth-order valence-electron chi connectivity index (χ4n) is 1.20. The van der Waals surface area contributed by atoms with Crippen LogP contribution in [0.15, 0.2) is 24.3 Å². The zero-order chi connectivity index (χ0) is 10.6. The first-order chi connectivity index (χ1) is 6.65. The summed E-state index contributed by atoms with van der Waals surface area (Å²) in [7, 11) is 0. The van der Waals surface area contributed by atoms with Crippen LogP contribution in [0.3, 0.4) is 0 Å². The average Bonchev–Trinajstić information content (AvgIpc) is 2.16. The number of hydrogen-bond acceptors (Lipinski definition) is 2. The van der Waals surface area contributed by atoms with Gasteiger partial charge in [-0.15, -0.1) is 12.4 Å². The Morgan fingerprint density at radius 1 is 1.47 bits per heavy atom. The monoisotopic (exact) mass is 233 g/mol. The van der Waals surface area contributed by atoms with E-state index < -0.39 is 11.9 Å².